The van der Waals surface area contributed by atoms with Crippen LogP contribution < -0.4 is 0 Å². The molecule has 0 aliphatic heterocycles. The Morgan fingerprint density at radius 2 is 1.56 bits per heavy atom. The Morgan fingerprint density at radius 1 is 1.12 bits per heavy atom. The van der Waals surface area contributed by atoms with E-state index >= 15 is 0 Å². The van der Waals surface area contributed by atoms with Crippen molar-refractivity contribution in [2.75, 3.05) is 5.75 Å². The van der Waals surface area contributed by atoms with Crippen molar-refractivity contribution in [3.8, 4) is 0 Å². The number of carbonyl (C=O) groups is 1. The van der Waals surface area contributed by atoms with E-state index in [-0.39, 0.29) is 29.3 Å². The molecule has 4 heteroatoms. The van der Waals surface area contributed by atoms with Gasteiger partial charge in [0.05, 0.1) is 11.9 Å². The molecule has 0 saturated carbocycles. The molecule has 0 fully saturated rings. The smallest absolute Gasteiger partial charge is 0.233 e. The zero-order valence-corrected chi connectivity index (χ0v) is 12.0. The highest BCUT2D eigenvalue weighted by molar-refractivity contribution is 8.00. The van der Waals surface area contributed by atoms with Gasteiger partial charge in [-0.05, 0) is 34.6 Å². The number of amides is 1. The maximum absolute atomic E-state index is 12.0. The van der Waals surface area contributed by atoms with Crippen LogP contribution in [0.3, 0.4) is 0 Å². The normalized spacial score (nSPS) is 15.3. The van der Waals surface area contributed by atoms with Gasteiger partial charge in [0, 0.05) is 17.3 Å². The fourth-order valence-electron chi connectivity index (χ4n) is 1.59. The van der Waals surface area contributed by atoms with Gasteiger partial charge in [0.2, 0.25) is 5.91 Å². The van der Waals surface area contributed by atoms with Crippen molar-refractivity contribution in [1.29, 1.82) is 0 Å². The third-order valence-corrected chi connectivity index (χ3v) is 3.88. The number of aliphatic hydroxyl groups is 1. The topological polar surface area (TPSA) is 40.5 Å². The predicted molar refractivity (Wildman–Crippen MR) is 70.7 cm³/mol. The number of carbonyl (C=O) groups excluding carboxylic acids is 1. The largest absolute Gasteiger partial charge is 0.392 e. The Hall–Kier alpha value is -0.220. The lowest BCUT2D eigenvalue weighted by Gasteiger charge is -2.31. The summed E-state index contributed by atoms with van der Waals surface area (Å²) >= 11 is 1.51. The second-order valence-corrected chi connectivity index (χ2v) is 6.11. The minimum absolute atomic E-state index is 0.102. The molecule has 0 heterocycles. The second kappa shape index (κ2) is 7.17. The van der Waals surface area contributed by atoms with Gasteiger partial charge in [-0.1, -0.05) is 6.92 Å². The Morgan fingerprint density at radius 3 is 1.88 bits per heavy atom. The summed E-state index contributed by atoms with van der Waals surface area (Å²) in [5.74, 6) is 0.602. The molecule has 0 radical (unpaired) electrons. The van der Waals surface area contributed by atoms with Crippen molar-refractivity contribution < 1.29 is 9.90 Å². The first-order valence-electron chi connectivity index (χ1n) is 5.88. The summed E-state index contributed by atoms with van der Waals surface area (Å²) in [5.41, 5.74) is 0. The summed E-state index contributed by atoms with van der Waals surface area (Å²) in [5, 5.41) is 9.45. The van der Waals surface area contributed by atoms with E-state index in [9.17, 15) is 9.90 Å². The zero-order valence-electron chi connectivity index (χ0n) is 11.2. The maximum Gasteiger partial charge on any atom is 0.233 e. The molecule has 0 spiro atoms. The molecule has 16 heavy (non-hydrogen) atoms. The van der Waals surface area contributed by atoms with Gasteiger partial charge in [0.25, 0.3) is 0 Å². The van der Waals surface area contributed by atoms with Gasteiger partial charge in [-0.15, -0.1) is 11.8 Å². The van der Waals surface area contributed by atoms with Gasteiger partial charge < -0.3 is 10.0 Å². The molecule has 3 nitrogen and oxygen atoms in total. The van der Waals surface area contributed by atoms with E-state index in [0.717, 1.165) is 0 Å². The van der Waals surface area contributed by atoms with E-state index in [4.69, 9.17) is 0 Å². The number of hydrogen-bond donors (Lipinski definition) is 1. The molecule has 0 aromatic rings. The molecule has 96 valence electrons. The summed E-state index contributed by atoms with van der Waals surface area (Å²) in [6, 6.07) is 0.463. The van der Waals surface area contributed by atoms with Crippen LogP contribution in [0.1, 0.15) is 41.5 Å². The van der Waals surface area contributed by atoms with Crippen LogP contribution in [-0.2, 0) is 4.79 Å². The van der Waals surface area contributed by atoms with Crippen LogP contribution in [0.5, 0.6) is 0 Å². The molecular weight excluding hydrogens is 222 g/mol. The Kier molecular flexibility index (Phi) is 7.07. The van der Waals surface area contributed by atoms with Crippen molar-refractivity contribution in [2.45, 2.75) is 65.0 Å². The van der Waals surface area contributed by atoms with Gasteiger partial charge in [-0.25, -0.2) is 0 Å². The average Bonchev–Trinajstić information content (AvgIpc) is 2.12. The van der Waals surface area contributed by atoms with Crippen LogP contribution in [-0.4, -0.2) is 45.1 Å². The monoisotopic (exact) mass is 247 g/mol. The summed E-state index contributed by atoms with van der Waals surface area (Å²) in [7, 11) is 0. The van der Waals surface area contributed by atoms with Gasteiger partial charge in [-0.3, -0.25) is 4.79 Å². The van der Waals surface area contributed by atoms with Crippen LogP contribution in [0, 0.1) is 0 Å². The molecule has 0 aromatic heterocycles. The van der Waals surface area contributed by atoms with E-state index < -0.39 is 0 Å². The average molecular weight is 247 g/mol. The first kappa shape index (κ1) is 15.8. The lowest BCUT2D eigenvalue weighted by molar-refractivity contribution is -0.131. The van der Waals surface area contributed by atoms with E-state index in [1.807, 2.05) is 39.5 Å². The molecule has 1 N–H and O–H groups in total. The first-order chi connectivity index (χ1) is 7.27. The van der Waals surface area contributed by atoms with Crippen molar-refractivity contribution >= 4 is 17.7 Å². The zero-order chi connectivity index (χ0) is 12.9. The SMILES string of the molecule is CC(O)C(C)SCC(=O)N(C(C)C)C(C)C. The third-order valence-electron chi connectivity index (χ3n) is 2.55. The number of hydrogen-bond acceptors (Lipinski definition) is 3. The number of aliphatic hydroxyl groups excluding tert-OH is 1. The highest BCUT2D eigenvalue weighted by atomic mass is 32.2. The van der Waals surface area contributed by atoms with E-state index in [1.54, 1.807) is 6.92 Å². The molecule has 0 rings (SSSR count). The van der Waals surface area contributed by atoms with Crippen LogP contribution in [0.4, 0.5) is 0 Å². The third kappa shape index (κ3) is 5.21. The van der Waals surface area contributed by atoms with Crippen LogP contribution >= 0.6 is 11.8 Å². The first-order valence-corrected chi connectivity index (χ1v) is 6.93. The Labute approximate surface area is 104 Å². The van der Waals surface area contributed by atoms with Crippen LogP contribution in [0.15, 0.2) is 0 Å². The number of thioether (sulfide) groups is 1. The molecule has 2 atom stereocenters. The molecule has 0 saturated heterocycles. The van der Waals surface area contributed by atoms with Crippen molar-refractivity contribution in [1.82, 2.24) is 4.90 Å². The van der Waals surface area contributed by atoms with Crippen LogP contribution in [0.2, 0.25) is 0 Å². The van der Waals surface area contributed by atoms with Gasteiger partial charge in [-0.2, -0.15) is 0 Å². The van der Waals surface area contributed by atoms with Crippen molar-refractivity contribution in [3.63, 3.8) is 0 Å². The fraction of sp³-hybridized carbons (Fsp3) is 0.917. The molecule has 0 aliphatic rings. The summed E-state index contributed by atoms with van der Waals surface area (Å²) in [6.07, 6.45) is -0.371. The summed E-state index contributed by atoms with van der Waals surface area (Å²) in [4.78, 5) is 13.9. The van der Waals surface area contributed by atoms with Crippen molar-refractivity contribution in [2.24, 2.45) is 0 Å². The number of rotatable bonds is 6. The minimum Gasteiger partial charge on any atom is -0.392 e. The minimum atomic E-state index is -0.371. The fourth-order valence-corrected chi connectivity index (χ4v) is 2.42. The molecule has 1 amide bonds. The highest BCUT2D eigenvalue weighted by Gasteiger charge is 2.21. The highest BCUT2D eigenvalue weighted by Crippen LogP contribution is 2.16. The quantitative estimate of drug-likeness (QED) is 0.782. The lowest BCUT2D eigenvalue weighted by atomic mass is 10.2. The van der Waals surface area contributed by atoms with E-state index in [0.29, 0.717) is 5.75 Å². The molecule has 0 aromatic carbocycles. The Balaban J connectivity index is 4.22. The van der Waals surface area contributed by atoms with Gasteiger partial charge in [0.15, 0.2) is 0 Å². The summed E-state index contributed by atoms with van der Waals surface area (Å²) < 4.78 is 0. The van der Waals surface area contributed by atoms with Crippen molar-refractivity contribution in [3.05, 3.63) is 0 Å². The molecule has 0 aliphatic carbocycles. The maximum atomic E-state index is 12.0. The molecular formula is C12H25NO2S. The molecule has 0 bridgehead atoms. The predicted octanol–water partition coefficient (Wildman–Crippen LogP) is 2.13. The summed E-state index contributed by atoms with van der Waals surface area (Å²) in [6.45, 7) is 11.8. The second-order valence-electron chi connectivity index (χ2n) is 4.75. The van der Waals surface area contributed by atoms with Gasteiger partial charge in [0.1, 0.15) is 0 Å². The van der Waals surface area contributed by atoms with E-state index in [2.05, 4.69) is 0 Å². The standard InChI is InChI=1S/C12H25NO2S/c1-8(2)13(9(3)4)12(15)7-16-11(6)10(5)14/h8-11,14H,7H2,1-6H3. The number of nitrogens with zero attached hydrogens (tertiary/aromatic N) is 1. The van der Waals surface area contributed by atoms with Gasteiger partial charge >= 0.3 is 0 Å². The molecule has 2 unspecified atom stereocenters. The lowest BCUT2D eigenvalue weighted by Crippen LogP contribution is -2.43. The Bertz CT molecular complexity index is 209. The van der Waals surface area contributed by atoms with E-state index in [1.165, 1.54) is 11.8 Å². The van der Waals surface area contributed by atoms with Crippen LogP contribution in [0.25, 0.3) is 0 Å².